The number of aromatic nitrogens is 3. The van der Waals surface area contributed by atoms with Crippen molar-refractivity contribution < 1.29 is 26.8 Å². The second kappa shape index (κ2) is 10.3. The first-order valence-corrected chi connectivity index (χ1v) is 14.1. The maximum absolute atomic E-state index is 13.1. The maximum Gasteiger partial charge on any atom is 0.277 e. The molecule has 0 spiro atoms. The number of hydrogen-bond acceptors (Lipinski definition) is 9. The highest BCUT2D eigenvalue weighted by atomic mass is 32.2. The van der Waals surface area contributed by atoms with Crippen molar-refractivity contribution in [3.05, 3.63) is 65.4 Å². The summed E-state index contributed by atoms with van der Waals surface area (Å²) >= 11 is 1.16. The molecule has 0 amide bonds. The van der Waals surface area contributed by atoms with Gasteiger partial charge in [-0.25, -0.2) is 8.42 Å². The number of ketones is 1. The number of nitrogens with zero attached hydrogens (tertiary/aromatic N) is 4. The minimum absolute atomic E-state index is 0.0966. The molecule has 0 radical (unpaired) electrons. The smallest absolute Gasteiger partial charge is 0.277 e. The molecule has 0 unspecified atom stereocenters. The van der Waals surface area contributed by atoms with Gasteiger partial charge in [0.1, 0.15) is 5.76 Å². The quantitative estimate of drug-likeness (QED) is 0.240. The number of sulfonamides is 1. The SMILES string of the molecule is Cc1occc1-c1nnc(SCC(=O)c2cc(C)n(-c3cccc(S(=O)(=O)N4CCOCC4)c3)c2C)o1. The lowest BCUT2D eigenvalue weighted by Gasteiger charge is -2.26. The molecule has 37 heavy (non-hydrogen) atoms. The van der Waals surface area contributed by atoms with Gasteiger partial charge in [0, 0.05) is 35.7 Å². The molecule has 1 fully saturated rings. The zero-order valence-corrected chi connectivity index (χ0v) is 22.3. The van der Waals surface area contributed by atoms with Gasteiger partial charge in [-0.3, -0.25) is 4.79 Å². The molecule has 1 aliphatic heterocycles. The van der Waals surface area contributed by atoms with Crippen LogP contribution >= 0.6 is 11.8 Å². The first-order valence-electron chi connectivity index (χ1n) is 11.7. The summed E-state index contributed by atoms with van der Waals surface area (Å²) in [4.78, 5) is 13.3. The van der Waals surface area contributed by atoms with E-state index in [1.807, 2.05) is 30.5 Å². The molecule has 0 aliphatic carbocycles. The summed E-state index contributed by atoms with van der Waals surface area (Å²) in [5.74, 6) is 1.03. The number of hydrogen-bond donors (Lipinski definition) is 0. The largest absolute Gasteiger partial charge is 0.469 e. The Morgan fingerprint density at radius 1 is 1.08 bits per heavy atom. The molecular formula is C25H26N4O6S2. The molecule has 12 heteroatoms. The van der Waals surface area contributed by atoms with Gasteiger partial charge < -0.3 is 18.1 Å². The van der Waals surface area contributed by atoms with Crippen LogP contribution < -0.4 is 0 Å². The number of thioether (sulfide) groups is 1. The van der Waals surface area contributed by atoms with E-state index in [0.29, 0.717) is 60.0 Å². The molecule has 1 aromatic carbocycles. The molecule has 4 heterocycles. The Morgan fingerprint density at radius 2 is 1.86 bits per heavy atom. The van der Waals surface area contributed by atoms with Crippen LogP contribution in [0.3, 0.4) is 0 Å². The minimum atomic E-state index is -3.64. The first kappa shape index (κ1) is 25.5. The van der Waals surface area contributed by atoms with E-state index in [1.54, 1.807) is 37.5 Å². The van der Waals surface area contributed by atoms with E-state index < -0.39 is 10.0 Å². The average molecular weight is 543 g/mol. The Hall–Kier alpha value is -3.19. The predicted molar refractivity (Wildman–Crippen MR) is 137 cm³/mol. The highest BCUT2D eigenvalue weighted by Crippen LogP contribution is 2.29. The van der Waals surface area contributed by atoms with Crippen molar-refractivity contribution in [2.45, 2.75) is 30.9 Å². The first-order chi connectivity index (χ1) is 17.8. The maximum atomic E-state index is 13.1. The van der Waals surface area contributed by atoms with E-state index in [4.69, 9.17) is 13.6 Å². The van der Waals surface area contributed by atoms with E-state index in [0.717, 1.165) is 23.1 Å². The Kier molecular flexibility index (Phi) is 7.08. The number of benzene rings is 1. The summed E-state index contributed by atoms with van der Waals surface area (Å²) in [6, 6.07) is 10.3. The van der Waals surface area contributed by atoms with Gasteiger partial charge in [0.15, 0.2) is 5.78 Å². The Bertz CT molecular complexity index is 1550. The van der Waals surface area contributed by atoms with Crippen LogP contribution in [0.1, 0.15) is 27.5 Å². The van der Waals surface area contributed by atoms with Gasteiger partial charge in [0.05, 0.1) is 35.7 Å². The molecular weight excluding hydrogens is 516 g/mol. The predicted octanol–water partition coefficient (Wildman–Crippen LogP) is 4.04. The highest BCUT2D eigenvalue weighted by Gasteiger charge is 2.27. The highest BCUT2D eigenvalue weighted by molar-refractivity contribution is 7.99. The fraction of sp³-hybridized carbons (Fsp3) is 0.320. The van der Waals surface area contributed by atoms with Crippen LogP contribution in [0.5, 0.6) is 0 Å². The lowest BCUT2D eigenvalue weighted by Crippen LogP contribution is -2.40. The molecule has 5 rings (SSSR count). The van der Waals surface area contributed by atoms with Gasteiger partial charge in [0.25, 0.3) is 11.1 Å². The number of morpholine rings is 1. The summed E-state index contributed by atoms with van der Waals surface area (Å²) in [6.45, 7) is 6.96. The minimum Gasteiger partial charge on any atom is -0.469 e. The summed E-state index contributed by atoms with van der Waals surface area (Å²) < 4.78 is 45.9. The van der Waals surface area contributed by atoms with E-state index in [1.165, 1.54) is 4.31 Å². The van der Waals surface area contributed by atoms with E-state index >= 15 is 0 Å². The molecule has 4 aromatic rings. The molecule has 0 bridgehead atoms. The van der Waals surface area contributed by atoms with Crippen LogP contribution in [0, 0.1) is 20.8 Å². The van der Waals surface area contributed by atoms with Crippen molar-refractivity contribution in [1.82, 2.24) is 19.1 Å². The van der Waals surface area contributed by atoms with Crippen LogP contribution in [-0.2, 0) is 14.8 Å². The van der Waals surface area contributed by atoms with Crippen LogP contribution in [0.2, 0.25) is 0 Å². The van der Waals surface area contributed by atoms with Gasteiger partial charge in [-0.1, -0.05) is 17.8 Å². The average Bonchev–Trinajstić information content (AvgIpc) is 3.61. The summed E-state index contributed by atoms with van der Waals surface area (Å²) in [5.41, 5.74) is 3.49. The number of ether oxygens (including phenoxy) is 1. The standard InChI is InChI=1S/C25H26N4O6S2/c1-16-13-22(23(30)15-36-25-27-26-24(35-25)21-7-10-34-18(21)3)17(2)29(16)19-5-4-6-20(14-19)37(31,32)28-8-11-33-12-9-28/h4-7,10,13-14H,8-9,11-12,15H2,1-3H3. The molecule has 194 valence electrons. The molecule has 1 saturated heterocycles. The molecule has 0 N–H and O–H groups in total. The second-order valence-corrected chi connectivity index (χ2v) is 11.5. The lowest BCUT2D eigenvalue weighted by atomic mass is 10.2. The van der Waals surface area contributed by atoms with Gasteiger partial charge in [-0.2, -0.15) is 4.31 Å². The number of rotatable bonds is 8. The Balaban J connectivity index is 1.34. The Morgan fingerprint density at radius 3 is 2.59 bits per heavy atom. The third-order valence-electron chi connectivity index (χ3n) is 6.24. The summed E-state index contributed by atoms with van der Waals surface area (Å²) in [7, 11) is -3.64. The molecule has 3 aromatic heterocycles. The fourth-order valence-corrected chi connectivity index (χ4v) is 6.44. The van der Waals surface area contributed by atoms with Crippen LogP contribution in [-0.4, -0.2) is 65.3 Å². The topological polar surface area (TPSA) is 121 Å². The normalized spacial score (nSPS) is 14.8. The Labute approximate surface area is 218 Å². The lowest BCUT2D eigenvalue weighted by molar-refractivity contribution is 0.0730. The number of furan rings is 1. The van der Waals surface area contributed by atoms with Crippen molar-refractivity contribution >= 4 is 27.6 Å². The molecule has 1 aliphatic rings. The van der Waals surface area contributed by atoms with Crippen LogP contribution in [0.15, 0.2) is 61.6 Å². The van der Waals surface area contributed by atoms with Crippen molar-refractivity contribution in [1.29, 1.82) is 0 Å². The van der Waals surface area contributed by atoms with Crippen molar-refractivity contribution in [3.8, 4) is 17.1 Å². The monoisotopic (exact) mass is 542 g/mol. The fourth-order valence-electron chi connectivity index (χ4n) is 4.35. The zero-order valence-electron chi connectivity index (χ0n) is 20.6. The molecule has 10 nitrogen and oxygen atoms in total. The number of Topliss-reactive ketones (excluding diaryl/α,β-unsaturated/α-hetero) is 1. The van der Waals surface area contributed by atoms with E-state index in [-0.39, 0.29) is 16.4 Å². The summed E-state index contributed by atoms with van der Waals surface area (Å²) in [5, 5.41) is 8.35. The van der Waals surface area contributed by atoms with Gasteiger partial charge >= 0.3 is 0 Å². The summed E-state index contributed by atoms with van der Waals surface area (Å²) in [6.07, 6.45) is 1.55. The van der Waals surface area contributed by atoms with E-state index in [2.05, 4.69) is 10.2 Å². The van der Waals surface area contributed by atoms with E-state index in [9.17, 15) is 13.2 Å². The number of aryl methyl sites for hydroxylation is 2. The van der Waals surface area contributed by atoms with Crippen LogP contribution in [0.25, 0.3) is 17.1 Å². The number of carbonyl (C=O) groups is 1. The van der Waals surface area contributed by atoms with Crippen molar-refractivity contribution in [3.63, 3.8) is 0 Å². The molecule has 0 saturated carbocycles. The molecule has 0 atom stereocenters. The van der Waals surface area contributed by atoms with Gasteiger partial charge in [0.2, 0.25) is 10.0 Å². The van der Waals surface area contributed by atoms with Gasteiger partial charge in [-0.15, -0.1) is 10.2 Å². The van der Waals surface area contributed by atoms with Crippen molar-refractivity contribution in [2.24, 2.45) is 0 Å². The second-order valence-electron chi connectivity index (χ2n) is 8.61. The van der Waals surface area contributed by atoms with Gasteiger partial charge in [-0.05, 0) is 51.1 Å². The third-order valence-corrected chi connectivity index (χ3v) is 8.95. The zero-order chi connectivity index (χ0) is 26.2. The van der Waals surface area contributed by atoms with Crippen molar-refractivity contribution in [2.75, 3.05) is 32.1 Å². The number of carbonyl (C=O) groups excluding carboxylic acids is 1. The van der Waals surface area contributed by atoms with Crippen LogP contribution in [0.4, 0.5) is 0 Å². The third kappa shape index (κ3) is 5.01.